The molecule has 0 spiro atoms. The summed E-state index contributed by atoms with van der Waals surface area (Å²) in [4.78, 5) is 21.4. The number of hydrogen-bond acceptors (Lipinski definition) is 6. The van der Waals surface area contributed by atoms with Crippen LogP contribution in [-0.4, -0.2) is 56.5 Å². The van der Waals surface area contributed by atoms with E-state index in [1.165, 1.54) is 7.11 Å². The minimum Gasteiger partial charge on any atom is -0.408 e. The second-order valence-electron chi connectivity index (χ2n) is 6.72. The maximum atomic E-state index is 10.7. The van der Waals surface area contributed by atoms with Gasteiger partial charge in [-0.15, -0.1) is 0 Å². The normalized spacial score (nSPS) is 29.7. The summed E-state index contributed by atoms with van der Waals surface area (Å²) in [5, 5.41) is 20.0. The lowest BCUT2D eigenvalue weighted by Gasteiger charge is -2.34. The Morgan fingerprint density at radius 3 is 2.33 bits per heavy atom. The van der Waals surface area contributed by atoms with Gasteiger partial charge in [-0.3, -0.25) is 0 Å². The van der Waals surface area contributed by atoms with Gasteiger partial charge in [-0.1, -0.05) is 30.3 Å². The molecular formula is C16H28O6Si2. The van der Waals surface area contributed by atoms with Crippen molar-refractivity contribution in [3.63, 3.8) is 0 Å². The second kappa shape index (κ2) is 8.20. The first-order valence-electron chi connectivity index (χ1n) is 8.37. The van der Waals surface area contributed by atoms with Crippen LogP contribution >= 0.6 is 0 Å². The van der Waals surface area contributed by atoms with Crippen molar-refractivity contribution in [1.29, 1.82) is 0 Å². The number of aliphatic hydroxyl groups excluding tert-OH is 2. The third-order valence-electron chi connectivity index (χ3n) is 4.74. The molecule has 0 aromatic heterocycles. The highest BCUT2D eigenvalue weighted by atomic mass is 28.5. The van der Waals surface area contributed by atoms with Crippen LogP contribution in [0.4, 0.5) is 0 Å². The fraction of sp³-hybridized carbons (Fsp3) is 0.625. The lowest BCUT2D eigenvalue weighted by atomic mass is 9.84. The maximum Gasteiger partial charge on any atom is 0.489 e. The largest absolute Gasteiger partial charge is 0.489 e. The molecule has 8 heteroatoms. The summed E-state index contributed by atoms with van der Waals surface area (Å²) in [5.74, 6) is 0.213. The van der Waals surface area contributed by atoms with Gasteiger partial charge in [0.25, 0.3) is 0 Å². The van der Waals surface area contributed by atoms with Crippen molar-refractivity contribution in [1.82, 2.24) is 0 Å². The van der Waals surface area contributed by atoms with Crippen molar-refractivity contribution in [3.05, 3.63) is 30.3 Å². The number of rotatable bonds is 7. The van der Waals surface area contributed by atoms with Gasteiger partial charge in [0.1, 0.15) is 0 Å². The van der Waals surface area contributed by atoms with E-state index >= 15 is 0 Å². The van der Waals surface area contributed by atoms with E-state index in [1.54, 1.807) is 18.7 Å². The Labute approximate surface area is 145 Å². The van der Waals surface area contributed by atoms with E-state index in [1.807, 2.05) is 18.2 Å². The van der Waals surface area contributed by atoms with Gasteiger partial charge >= 0.3 is 17.4 Å². The Morgan fingerprint density at radius 1 is 1.08 bits per heavy atom. The van der Waals surface area contributed by atoms with Crippen molar-refractivity contribution < 1.29 is 28.3 Å². The molecular weight excluding hydrogens is 344 g/mol. The van der Waals surface area contributed by atoms with Gasteiger partial charge in [0.15, 0.2) is 0 Å². The third-order valence-corrected chi connectivity index (χ3v) is 10.6. The SMILES string of the molecule is CO[Si](O)(CCC1CCC(O)C(O)C1)O[Si](C)(O)c1ccccc1. The van der Waals surface area contributed by atoms with Crippen LogP contribution in [0.5, 0.6) is 0 Å². The molecule has 1 aliphatic carbocycles. The average Bonchev–Trinajstić information content (AvgIpc) is 2.56. The molecule has 2 rings (SSSR count). The van der Waals surface area contributed by atoms with E-state index in [-0.39, 0.29) is 5.92 Å². The summed E-state index contributed by atoms with van der Waals surface area (Å²) in [6.07, 6.45) is 1.17. The Bertz CT molecular complexity index is 515. The van der Waals surface area contributed by atoms with Gasteiger partial charge in [0.05, 0.1) is 12.2 Å². The summed E-state index contributed by atoms with van der Waals surface area (Å²) in [5.41, 5.74) is 0. The van der Waals surface area contributed by atoms with Gasteiger partial charge < -0.3 is 28.3 Å². The van der Waals surface area contributed by atoms with E-state index in [9.17, 15) is 19.8 Å². The molecule has 1 aromatic carbocycles. The van der Waals surface area contributed by atoms with Crippen molar-refractivity contribution in [2.75, 3.05) is 7.11 Å². The molecule has 0 heterocycles. The van der Waals surface area contributed by atoms with Crippen LogP contribution in [0.2, 0.25) is 12.6 Å². The fourth-order valence-corrected chi connectivity index (χ4v) is 8.66. The molecule has 136 valence electrons. The zero-order valence-corrected chi connectivity index (χ0v) is 16.3. The summed E-state index contributed by atoms with van der Waals surface area (Å²) < 4.78 is 11.0. The molecule has 24 heavy (non-hydrogen) atoms. The Kier molecular flexibility index (Phi) is 6.74. The van der Waals surface area contributed by atoms with Crippen molar-refractivity contribution in [2.24, 2.45) is 5.92 Å². The van der Waals surface area contributed by atoms with E-state index in [0.717, 1.165) is 6.42 Å². The highest BCUT2D eigenvalue weighted by Gasteiger charge is 2.45. The van der Waals surface area contributed by atoms with Gasteiger partial charge in [-0.2, -0.15) is 0 Å². The topological polar surface area (TPSA) is 99.4 Å². The second-order valence-corrected chi connectivity index (χ2v) is 12.4. The van der Waals surface area contributed by atoms with E-state index < -0.39 is 29.6 Å². The van der Waals surface area contributed by atoms with Gasteiger partial charge in [0.2, 0.25) is 0 Å². The molecule has 0 aliphatic heterocycles. The van der Waals surface area contributed by atoms with Crippen LogP contribution < -0.4 is 5.19 Å². The number of benzene rings is 1. The van der Waals surface area contributed by atoms with Crippen molar-refractivity contribution in [3.8, 4) is 0 Å². The molecule has 0 amide bonds. The molecule has 0 bridgehead atoms. The van der Waals surface area contributed by atoms with Crippen LogP contribution in [-0.2, 0) is 8.54 Å². The molecule has 5 unspecified atom stereocenters. The van der Waals surface area contributed by atoms with Crippen molar-refractivity contribution >= 4 is 22.6 Å². The maximum absolute atomic E-state index is 10.7. The minimum atomic E-state index is -3.50. The van der Waals surface area contributed by atoms with Gasteiger partial charge in [-0.25, -0.2) is 0 Å². The lowest BCUT2D eigenvalue weighted by molar-refractivity contribution is -0.0262. The first kappa shape index (κ1) is 19.7. The highest BCUT2D eigenvalue weighted by molar-refractivity contribution is 6.85. The summed E-state index contributed by atoms with van der Waals surface area (Å²) in [7, 11) is -5.34. The fourth-order valence-electron chi connectivity index (χ4n) is 3.18. The monoisotopic (exact) mass is 372 g/mol. The zero-order valence-electron chi connectivity index (χ0n) is 14.3. The van der Waals surface area contributed by atoms with Gasteiger partial charge in [-0.05, 0) is 43.3 Å². The van der Waals surface area contributed by atoms with Crippen LogP contribution in [0, 0.1) is 5.92 Å². The summed E-state index contributed by atoms with van der Waals surface area (Å²) in [6.45, 7) is 1.63. The van der Waals surface area contributed by atoms with E-state index in [0.29, 0.717) is 30.5 Å². The van der Waals surface area contributed by atoms with Gasteiger partial charge in [0, 0.05) is 13.2 Å². The highest BCUT2D eigenvalue weighted by Crippen LogP contribution is 2.30. The quantitative estimate of drug-likeness (QED) is 0.519. The predicted molar refractivity (Wildman–Crippen MR) is 94.8 cm³/mol. The number of aliphatic hydroxyl groups is 2. The molecule has 1 aliphatic rings. The zero-order chi connectivity index (χ0) is 17.8. The van der Waals surface area contributed by atoms with E-state index in [2.05, 4.69) is 0 Å². The lowest BCUT2D eigenvalue weighted by Crippen LogP contribution is -2.58. The Balaban J connectivity index is 1.95. The standard InChI is InChI=1S/C16H28O6Si2/c1-21-24(20,11-10-13-8-9-15(17)16(18)12-13)22-23(2,19)14-6-4-3-5-7-14/h3-7,13,15-20H,8-12H2,1-2H3. The first-order chi connectivity index (χ1) is 11.3. The summed E-state index contributed by atoms with van der Waals surface area (Å²) in [6, 6.07) is 9.40. The molecule has 0 saturated heterocycles. The summed E-state index contributed by atoms with van der Waals surface area (Å²) >= 11 is 0. The average molecular weight is 373 g/mol. The molecule has 6 nitrogen and oxygen atoms in total. The van der Waals surface area contributed by atoms with Crippen molar-refractivity contribution in [2.45, 2.75) is 50.5 Å². The van der Waals surface area contributed by atoms with Crippen LogP contribution in [0.15, 0.2) is 30.3 Å². The molecule has 0 radical (unpaired) electrons. The predicted octanol–water partition coefficient (Wildman–Crippen LogP) is 0.464. The molecule has 1 fully saturated rings. The van der Waals surface area contributed by atoms with E-state index in [4.69, 9.17) is 8.54 Å². The molecule has 5 atom stereocenters. The Hall–Kier alpha value is -0.586. The third kappa shape index (κ3) is 5.20. The number of hydrogen-bond donors (Lipinski definition) is 4. The van der Waals surface area contributed by atoms with Crippen LogP contribution in [0.25, 0.3) is 0 Å². The molecule has 1 aromatic rings. The molecule has 4 N–H and O–H groups in total. The smallest absolute Gasteiger partial charge is 0.408 e. The molecule has 1 saturated carbocycles. The first-order valence-corrected chi connectivity index (χ1v) is 12.7. The van der Waals surface area contributed by atoms with Crippen LogP contribution in [0.1, 0.15) is 25.7 Å². The van der Waals surface area contributed by atoms with Crippen LogP contribution in [0.3, 0.4) is 0 Å². The minimum absolute atomic E-state index is 0.213. The Morgan fingerprint density at radius 2 is 1.75 bits per heavy atom.